The summed E-state index contributed by atoms with van der Waals surface area (Å²) < 4.78 is 7.06. The number of ether oxygens (including phenoxy) is 1. The van der Waals surface area contributed by atoms with Crippen molar-refractivity contribution in [3.63, 3.8) is 0 Å². The SMILES string of the molecule is COC1C(=O)c2cccn2C1C. The van der Waals surface area contributed by atoms with Gasteiger partial charge in [0.15, 0.2) is 0 Å². The maximum atomic E-state index is 11.6. The van der Waals surface area contributed by atoms with Gasteiger partial charge >= 0.3 is 0 Å². The topological polar surface area (TPSA) is 31.2 Å². The Kier molecular flexibility index (Phi) is 1.54. The Morgan fingerprint density at radius 3 is 2.92 bits per heavy atom. The first-order valence-electron chi connectivity index (χ1n) is 3.99. The van der Waals surface area contributed by atoms with Gasteiger partial charge in [0.1, 0.15) is 6.10 Å². The summed E-state index contributed by atoms with van der Waals surface area (Å²) in [6.45, 7) is 1.99. The van der Waals surface area contributed by atoms with Gasteiger partial charge < -0.3 is 9.30 Å². The van der Waals surface area contributed by atoms with Crippen LogP contribution in [0.1, 0.15) is 23.5 Å². The number of ketones is 1. The minimum absolute atomic E-state index is 0.0926. The molecule has 12 heavy (non-hydrogen) atoms. The minimum Gasteiger partial charge on any atom is -0.371 e. The van der Waals surface area contributed by atoms with Crippen molar-refractivity contribution in [2.75, 3.05) is 7.11 Å². The Morgan fingerprint density at radius 2 is 2.33 bits per heavy atom. The first-order valence-corrected chi connectivity index (χ1v) is 3.99. The third kappa shape index (κ3) is 0.770. The van der Waals surface area contributed by atoms with Crippen molar-refractivity contribution >= 4 is 5.78 Å². The molecule has 0 bridgehead atoms. The van der Waals surface area contributed by atoms with Gasteiger partial charge in [-0.05, 0) is 19.1 Å². The lowest BCUT2D eigenvalue weighted by Gasteiger charge is -2.12. The van der Waals surface area contributed by atoms with E-state index in [0.717, 1.165) is 5.69 Å². The summed E-state index contributed by atoms with van der Waals surface area (Å²) in [4.78, 5) is 11.6. The van der Waals surface area contributed by atoms with Gasteiger partial charge in [-0.2, -0.15) is 0 Å². The molecule has 2 rings (SSSR count). The van der Waals surface area contributed by atoms with Gasteiger partial charge in [-0.15, -0.1) is 0 Å². The summed E-state index contributed by atoms with van der Waals surface area (Å²) in [5, 5.41) is 0. The van der Waals surface area contributed by atoms with E-state index < -0.39 is 0 Å². The molecule has 2 heterocycles. The minimum atomic E-state index is -0.291. The zero-order valence-corrected chi connectivity index (χ0v) is 7.15. The first kappa shape index (κ1) is 7.55. The van der Waals surface area contributed by atoms with E-state index in [4.69, 9.17) is 4.74 Å². The Hall–Kier alpha value is -1.09. The van der Waals surface area contributed by atoms with Gasteiger partial charge in [0.05, 0.1) is 11.7 Å². The maximum absolute atomic E-state index is 11.6. The highest BCUT2D eigenvalue weighted by Crippen LogP contribution is 2.27. The van der Waals surface area contributed by atoms with Crippen molar-refractivity contribution in [2.45, 2.75) is 19.1 Å². The van der Waals surface area contributed by atoms with Crippen LogP contribution in [0.15, 0.2) is 18.3 Å². The number of aromatic nitrogens is 1. The number of hydrogen-bond acceptors (Lipinski definition) is 2. The van der Waals surface area contributed by atoms with Crippen LogP contribution in [0.3, 0.4) is 0 Å². The Bertz CT molecular complexity index is 316. The molecule has 0 saturated heterocycles. The van der Waals surface area contributed by atoms with Crippen LogP contribution in [0.2, 0.25) is 0 Å². The number of fused-ring (bicyclic) bond motifs is 1. The number of hydrogen-bond donors (Lipinski definition) is 0. The van der Waals surface area contributed by atoms with Crippen molar-refractivity contribution in [3.05, 3.63) is 24.0 Å². The summed E-state index contributed by atoms with van der Waals surface area (Å²) in [6.07, 6.45) is 1.62. The largest absolute Gasteiger partial charge is 0.371 e. The maximum Gasteiger partial charge on any atom is 0.209 e. The number of nitrogens with zero attached hydrogens (tertiary/aromatic N) is 1. The van der Waals surface area contributed by atoms with Gasteiger partial charge in [-0.1, -0.05) is 0 Å². The number of carbonyl (C=O) groups is 1. The second-order valence-corrected chi connectivity index (χ2v) is 3.06. The normalized spacial score (nSPS) is 27.7. The highest BCUT2D eigenvalue weighted by Gasteiger charge is 2.36. The van der Waals surface area contributed by atoms with Crippen molar-refractivity contribution in [2.24, 2.45) is 0 Å². The molecular weight excluding hydrogens is 154 g/mol. The monoisotopic (exact) mass is 165 g/mol. The third-order valence-electron chi connectivity index (χ3n) is 2.42. The van der Waals surface area contributed by atoms with Gasteiger partial charge in [-0.3, -0.25) is 4.79 Å². The van der Waals surface area contributed by atoms with E-state index >= 15 is 0 Å². The molecule has 0 fully saturated rings. The molecule has 0 aliphatic carbocycles. The van der Waals surface area contributed by atoms with E-state index in [2.05, 4.69) is 0 Å². The molecule has 0 spiro atoms. The van der Waals surface area contributed by atoms with Crippen LogP contribution >= 0.6 is 0 Å². The first-order chi connectivity index (χ1) is 5.75. The molecule has 0 radical (unpaired) electrons. The smallest absolute Gasteiger partial charge is 0.209 e. The lowest BCUT2D eigenvalue weighted by Crippen LogP contribution is -2.22. The molecule has 2 atom stereocenters. The summed E-state index contributed by atoms with van der Waals surface area (Å²) in [6, 6.07) is 3.85. The molecule has 0 N–H and O–H groups in total. The standard InChI is InChI=1S/C9H11NO2/c1-6-9(12-2)8(11)7-4-3-5-10(6)7/h3-6,9H,1-2H3. The average molecular weight is 165 g/mol. The van der Waals surface area contributed by atoms with Crippen LogP contribution in [0.25, 0.3) is 0 Å². The van der Waals surface area contributed by atoms with Crippen molar-refractivity contribution in [3.8, 4) is 0 Å². The predicted molar refractivity (Wildman–Crippen MR) is 44.3 cm³/mol. The van der Waals surface area contributed by atoms with Crippen LogP contribution in [-0.4, -0.2) is 23.6 Å². The van der Waals surface area contributed by atoms with Crippen LogP contribution in [0, 0.1) is 0 Å². The molecule has 0 amide bonds. The summed E-state index contributed by atoms with van der Waals surface area (Å²) in [5.41, 5.74) is 0.759. The molecule has 2 unspecified atom stereocenters. The molecule has 3 nitrogen and oxygen atoms in total. The van der Waals surface area contributed by atoms with Crippen molar-refractivity contribution < 1.29 is 9.53 Å². The molecule has 0 aromatic carbocycles. The average Bonchev–Trinajstić information content (AvgIpc) is 2.58. The zero-order valence-electron chi connectivity index (χ0n) is 7.15. The Labute approximate surface area is 70.9 Å². The van der Waals surface area contributed by atoms with Crippen molar-refractivity contribution in [1.82, 2.24) is 4.57 Å². The number of methoxy groups -OCH3 is 1. The van der Waals surface area contributed by atoms with Crippen LogP contribution in [-0.2, 0) is 4.74 Å². The molecule has 1 aliphatic heterocycles. The fraction of sp³-hybridized carbons (Fsp3) is 0.444. The summed E-state index contributed by atoms with van der Waals surface area (Å²) in [5.74, 6) is 0.0926. The molecule has 0 saturated carbocycles. The number of Topliss-reactive ketones (excluding diaryl/α,β-unsaturated/α-hetero) is 1. The lowest BCUT2D eigenvalue weighted by molar-refractivity contribution is 0.0547. The lowest BCUT2D eigenvalue weighted by atomic mass is 10.1. The van der Waals surface area contributed by atoms with Crippen LogP contribution in [0.4, 0.5) is 0 Å². The number of carbonyl (C=O) groups excluding carboxylic acids is 1. The zero-order chi connectivity index (χ0) is 8.72. The second kappa shape index (κ2) is 2.45. The summed E-state index contributed by atoms with van der Waals surface area (Å²) >= 11 is 0. The molecule has 1 aliphatic rings. The summed E-state index contributed by atoms with van der Waals surface area (Å²) in [7, 11) is 1.57. The van der Waals surface area contributed by atoms with E-state index in [0.29, 0.717) is 0 Å². The second-order valence-electron chi connectivity index (χ2n) is 3.06. The highest BCUT2D eigenvalue weighted by molar-refractivity contribution is 6.00. The molecule has 1 aromatic heterocycles. The van der Waals surface area contributed by atoms with Gasteiger partial charge in [0.2, 0.25) is 5.78 Å². The van der Waals surface area contributed by atoms with Gasteiger partial charge in [0, 0.05) is 13.3 Å². The Balaban J connectivity index is 2.45. The predicted octanol–water partition coefficient (Wildman–Crippen LogP) is 1.26. The van der Waals surface area contributed by atoms with Crippen LogP contribution < -0.4 is 0 Å². The molecular formula is C9H11NO2. The quantitative estimate of drug-likeness (QED) is 0.627. The van der Waals surface area contributed by atoms with E-state index in [9.17, 15) is 4.79 Å². The number of rotatable bonds is 1. The van der Waals surface area contributed by atoms with E-state index in [1.165, 1.54) is 0 Å². The molecule has 1 aromatic rings. The van der Waals surface area contributed by atoms with Gasteiger partial charge in [-0.25, -0.2) is 0 Å². The third-order valence-corrected chi connectivity index (χ3v) is 2.42. The van der Waals surface area contributed by atoms with Crippen molar-refractivity contribution in [1.29, 1.82) is 0 Å². The van der Waals surface area contributed by atoms with E-state index in [1.807, 2.05) is 29.8 Å². The fourth-order valence-corrected chi connectivity index (χ4v) is 1.77. The fourth-order valence-electron chi connectivity index (χ4n) is 1.77. The van der Waals surface area contributed by atoms with Gasteiger partial charge in [0.25, 0.3) is 0 Å². The molecule has 3 heteroatoms. The van der Waals surface area contributed by atoms with Crippen LogP contribution in [0.5, 0.6) is 0 Å². The highest BCUT2D eigenvalue weighted by atomic mass is 16.5. The Morgan fingerprint density at radius 1 is 1.58 bits per heavy atom. The van der Waals surface area contributed by atoms with E-state index in [1.54, 1.807) is 7.11 Å². The van der Waals surface area contributed by atoms with E-state index in [-0.39, 0.29) is 17.9 Å². The molecule has 64 valence electrons.